The third-order valence-electron chi connectivity index (χ3n) is 2.63. The van der Waals surface area contributed by atoms with Crippen LogP contribution in [0.15, 0.2) is 141 Å². The van der Waals surface area contributed by atoms with Crippen molar-refractivity contribution in [3.8, 4) is 0 Å². The Kier molecular flexibility index (Phi) is 262. The van der Waals surface area contributed by atoms with Crippen LogP contribution >= 0.6 is 34.2 Å². The van der Waals surface area contributed by atoms with Crippen molar-refractivity contribution < 1.29 is 8.94 Å². The van der Waals surface area contributed by atoms with Gasteiger partial charge in [-0.15, -0.1) is 16.4 Å². The van der Waals surface area contributed by atoms with Gasteiger partial charge in [0, 0.05) is 54.1 Å². The number of aromatic amines is 1. The molecule has 1 N–H and O–H groups in total. The van der Waals surface area contributed by atoms with Gasteiger partial charge in [0.25, 0.3) is 0 Å². The van der Waals surface area contributed by atoms with Gasteiger partial charge in [0.1, 0.15) is 12.5 Å². The van der Waals surface area contributed by atoms with E-state index in [-0.39, 0.29) is 0 Å². The Balaban J connectivity index is -0.0000000379. The minimum absolute atomic E-state index is 1.35. The molecule has 0 aliphatic rings. The van der Waals surface area contributed by atoms with Crippen molar-refractivity contribution in [2.45, 2.75) is 180 Å². The highest BCUT2D eigenvalue weighted by Crippen LogP contribution is 1.91. The van der Waals surface area contributed by atoms with Crippen LogP contribution in [0.4, 0.5) is 0 Å². The second-order valence-electron chi connectivity index (χ2n) is 5.08. The highest BCUT2D eigenvalue weighted by molar-refractivity contribution is 7.07. The maximum atomic E-state index is 4.47. The molecule has 0 amide bonds. The molecule has 368 valence electrons. The van der Waals surface area contributed by atoms with Crippen LogP contribution in [0.25, 0.3) is 0 Å². The summed E-state index contributed by atoms with van der Waals surface area (Å²) in [7, 11) is 0. The summed E-state index contributed by atoms with van der Waals surface area (Å²) in [5, 5.41) is 20.9. The molecule has 0 aliphatic carbocycles. The summed E-state index contributed by atoms with van der Waals surface area (Å²) in [4.78, 5) is 14.7. The molecule has 0 bridgehead atoms. The van der Waals surface area contributed by atoms with Crippen molar-refractivity contribution in [1.29, 1.82) is 0 Å². The van der Waals surface area contributed by atoms with Crippen LogP contribution in [-0.2, 0) is 0 Å². The molecule has 7 aromatic heterocycles. The van der Waals surface area contributed by atoms with Crippen LogP contribution in [0, 0.1) is 0 Å². The van der Waals surface area contributed by atoms with E-state index in [4.69, 9.17) is 0 Å². The van der Waals surface area contributed by atoms with E-state index in [1.807, 2.05) is 220 Å². The maximum absolute atomic E-state index is 4.47. The van der Waals surface area contributed by atoms with Gasteiger partial charge >= 0.3 is 0 Å². The largest absolute Gasteiger partial charge is 0.452 e. The highest BCUT2D eigenvalue weighted by atomic mass is 32.1. The summed E-state index contributed by atoms with van der Waals surface area (Å²) in [5.74, 6) is 0. The monoisotopic (exact) mass is 932 g/mol. The summed E-state index contributed by atoms with van der Waals surface area (Å²) >= 11 is 4.67. The molecule has 0 saturated carbocycles. The Bertz CT molecular complexity index is 803. The molecular weight excluding hydrogens is 831 g/mol. The molecule has 0 aliphatic heterocycles. The molecule has 11 nitrogen and oxygen atoms in total. The number of oxazole rings is 1. The average Bonchev–Trinajstić information content (AvgIpc) is 4.29. The fourth-order valence-corrected chi connectivity index (χ4v) is 2.44. The third-order valence-corrected chi connectivity index (χ3v) is 4.22. The van der Waals surface area contributed by atoms with E-state index < -0.39 is 0 Å². The molecule has 0 spiro atoms. The predicted octanol–water partition coefficient (Wildman–Crippen LogP) is 19.0. The first kappa shape index (κ1) is 92.8. The molecule has 14 heteroatoms. The number of hydrogen-bond donors (Lipinski definition) is 1. The molecule has 0 unspecified atom stereocenters. The van der Waals surface area contributed by atoms with E-state index in [1.165, 1.54) is 30.5 Å². The topological polar surface area (TPSA) is 145 Å². The summed E-state index contributed by atoms with van der Waals surface area (Å²) < 4.78 is 12.3. The first-order valence-electron chi connectivity index (χ1n) is 22.8. The number of thiophene rings is 1. The number of H-pyrrole nitrogens is 1. The van der Waals surface area contributed by atoms with Crippen molar-refractivity contribution in [3.63, 3.8) is 0 Å². The van der Waals surface area contributed by atoms with Gasteiger partial charge in [-0.3, -0.25) is 20.1 Å². The molecule has 0 saturated heterocycles. The molecule has 0 radical (unpaired) electrons. The van der Waals surface area contributed by atoms with Crippen molar-refractivity contribution in [2.75, 3.05) is 0 Å². The number of hydrogen-bond acceptors (Lipinski definition) is 13. The quantitative estimate of drug-likeness (QED) is 0.156. The zero-order valence-corrected chi connectivity index (χ0v) is 47.3. The summed E-state index contributed by atoms with van der Waals surface area (Å²) in [6.45, 7) is 52.0. The molecule has 0 atom stereocenters. The van der Waals surface area contributed by atoms with Crippen LogP contribution in [0.3, 0.4) is 0 Å². The second-order valence-corrected chi connectivity index (χ2v) is 7.30. The lowest BCUT2D eigenvalue weighted by molar-refractivity contribution is 0.420. The Labute approximate surface area is 398 Å². The smallest absolute Gasteiger partial charge is 0.180 e. The van der Waals surface area contributed by atoms with Crippen LogP contribution in [0.5, 0.6) is 0 Å². The zero-order chi connectivity index (χ0) is 51.5. The minimum Gasteiger partial charge on any atom is -0.452 e. The Morgan fingerprint density at radius 3 is 0.984 bits per heavy atom. The van der Waals surface area contributed by atoms with Gasteiger partial charge in [0.2, 0.25) is 0 Å². The van der Waals surface area contributed by atoms with Gasteiger partial charge in [-0.2, -0.15) is 16.4 Å². The number of aromatic nitrogens is 9. The number of thiazole rings is 1. The van der Waals surface area contributed by atoms with E-state index in [1.54, 1.807) is 96.2 Å². The van der Waals surface area contributed by atoms with Crippen LogP contribution in [0.1, 0.15) is 180 Å². The molecule has 62 heavy (non-hydrogen) atoms. The average molecular weight is 933 g/mol. The predicted molar refractivity (Wildman–Crippen MR) is 287 cm³/mol. The molecule has 0 aromatic carbocycles. The van der Waals surface area contributed by atoms with E-state index in [0.29, 0.717) is 0 Å². The summed E-state index contributed by atoms with van der Waals surface area (Å²) in [5.41, 5.74) is 1.79. The lowest BCUT2D eigenvalue weighted by Gasteiger charge is -1.70. The molecule has 0 fully saturated rings. The second kappa shape index (κ2) is 175. The highest BCUT2D eigenvalue weighted by Gasteiger charge is 1.62. The fourth-order valence-electron chi connectivity index (χ4n) is 1.36. The lowest BCUT2D eigenvalue weighted by atomic mass is 10.7. The van der Waals surface area contributed by atoms with E-state index in [2.05, 4.69) is 53.8 Å². The number of nitrogens with zero attached hydrogens (tertiary/aromatic N) is 8. The normalized spacial score (nSPS) is 5.90. The first-order valence-corrected chi connectivity index (χ1v) is 25.5. The molecule has 7 aromatic rings. The SMILES string of the molecule is CC.CC.CC.CC.CC.CC.CC.CC.CC.CC.CC.CC.CC.c1ccsc1.c1cn[nH]c1.c1cnccn1.c1cnoc1.c1cocn1.c1cscn1.c1csnn1. The van der Waals surface area contributed by atoms with Crippen LogP contribution in [-0.4, -0.2) is 44.9 Å². The van der Waals surface area contributed by atoms with Crippen molar-refractivity contribution in [3.05, 3.63) is 132 Å². The Hall–Kier alpha value is -4.40. The van der Waals surface area contributed by atoms with Crippen molar-refractivity contribution >= 4 is 34.2 Å². The van der Waals surface area contributed by atoms with Crippen molar-refractivity contribution in [1.82, 2.24) is 44.9 Å². The van der Waals surface area contributed by atoms with Gasteiger partial charge in [-0.05, 0) is 34.4 Å². The van der Waals surface area contributed by atoms with Gasteiger partial charge in [0.05, 0.1) is 24.1 Å². The number of rotatable bonds is 0. The Morgan fingerprint density at radius 2 is 0.871 bits per heavy atom. The van der Waals surface area contributed by atoms with Gasteiger partial charge in [-0.25, -0.2) is 4.98 Å². The van der Waals surface area contributed by atoms with Crippen LogP contribution in [0.2, 0.25) is 0 Å². The van der Waals surface area contributed by atoms with Gasteiger partial charge in [-0.1, -0.05) is 202 Å². The van der Waals surface area contributed by atoms with E-state index in [9.17, 15) is 0 Å². The fraction of sp³-hybridized carbons (Fsp3) is 0.542. The number of nitrogens with one attached hydrogen (secondary N) is 1. The maximum Gasteiger partial charge on any atom is 0.180 e. The van der Waals surface area contributed by atoms with Crippen LogP contribution < -0.4 is 0 Å². The molecular formula is C48H101N9O2S3. The third kappa shape index (κ3) is 166. The summed E-state index contributed by atoms with van der Waals surface area (Å²) in [6, 6.07) is 7.59. The lowest BCUT2D eigenvalue weighted by Crippen LogP contribution is -1.66. The minimum atomic E-state index is 1.35. The zero-order valence-electron chi connectivity index (χ0n) is 44.8. The first-order chi connectivity index (χ1) is 31.0. The molecule has 7 rings (SSSR count). The van der Waals surface area contributed by atoms with E-state index >= 15 is 0 Å². The van der Waals surface area contributed by atoms with Crippen molar-refractivity contribution in [2.24, 2.45) is 0 Å². The van der Waals surface area contributed by atoms with E-state index in [0.717, 1.165) is 0 Å². The van der Waals surface area contributed by atoms with Gasteiger partial charge < -0.3 is 8.94 Å². The standard InChI is InChI=1S/C4H4N2.C4H4S.C3H4N2.2C3H3NO.C3H3NS.C2H2N2S.13C2H6/c1-2-6-4-3-5-1;2*1-2-4-5-3-1;1-2-5-3-4-1;1-2-4-5-3-1;1-2-5-3-4-1;1-2-5-4-3-1;13*1-2/h1-4H;1-4H;1-3H,(H,4,5);3*1-3H;1-2H;13*1-2H3. The van der Waals surface area contributed by atoms with Gasteiger partial charge in [0.15, 0.2) is 6.39 Å². The Morgan fingerprint density at radius 1 is 0.387 bits per heavy atom. The molecule has 7 heterocycles. The summed E-state index contributed by atoms with van der Waals surface area (Å²) in [6.07, 6.45) is 21.0.